The maximum Gasteiger partial charge on any atom is 0.389 e. The van der Waals surface area contributed by atoms with Gasteiger partial charge in [-0.3, -0.25) is 11.3 Å². The summed E-state index contributed by atoms with van der Waals surface area (Å²) >= 11 is 3.29. The molecular formula is C11H14BrF3N2. The van der Waals surface area contributed by atoms with Crippen molar-refractivity contribution < 1.29 is 13.2 Å². The van der Waals surface area contributed by atoms with Crippen molar-refractivity contribution in [1.29, 1.82) is 0 Å². The van der Waals surface area contributed by atoms with Crippen LogP contribution in [0.2, 0.25) is 0 Å². The van der Waals surface area contributed by atoms with E-state index in [1.54, 1.807) is 6.07 Å². The van der Waals surface area contributed by atoms with Gasteiger partial charge in [-0.2, -0.15) is 13.2 Å². The van der Waals surface area contributed by atoms with Crippen molar-refractivity contribution in [2.24, 2.45) is 5.84 Å². The van der Waals surface area contributed by atoms with Gasteiger partial charge in [-0.15, -0.1) is 0 Å². The molecule has 0 aromatic heterocycles. The number of rotatable bonds is 4. The molecule has 0 amide bonds. The number of nitrogens with two attached hydrogens (primary N) is 1. The smallest absolute Gasteiger partial charge is 0.271 e. The molecule has 6 heteroatoms. The summed E-state index contributed by atoms with van der Waals surface area (Å²) in [6.45, 7) is 1.85. The van der Waals surface area contributed by atoms with Gasteiger partial charge in [0.1, 0.15) is 0 Å². The highest BCUT2D eigenvalue weighted by Gasteiger charge is 2.28. The van der Waals surface area contributed by atoms with Gasteiger partial charge in [0.2, 0.25) is 0 Å². The molecule has 0 spiro atoms. The quantitative estimate of drug-likeness (QED) is 0.658. The van der Waals surface area contributed by atoms with E-state index >= 15 is 0 Å². The first-order chi connectivity index (χ1) is 7.83. The van der Waals surface area contributed by atoms with Crippen LogP contribution in [0.3, 0.4) is 0 Å². The number of hydrogen-bond acceptors (Lipinski definition) is 2. The summed E-state index contributed by atoms with van der Waals surface area (Å²) in [5.74, 6) is 5.32. The first-order valence-electron chi connectivity index (χ1n) is 5.12. The molecule has 0 saturated carbocycles. The van der Waals surface area contributed by atoms with E-state index in [2.05, 4.69) is 21.4 Å². The van der Waals surface area contributed by atoms with Crippen LogP contribution in [0.5, 0.6) is 0 Å². The number of hydrazine groups is 1. The van der Waals surface area contributed by atoms with Crippen molar-refractivity contribution in [2.45, 2.75) is 32.0 Å². The Kier molecular flexibility index (Phi) is 4.97. The molecule has 0 bridgehead atoms. The Morgan fingerprint density at radius 1 is 1.41 bits per heavy atom. The highest BCUT2D eigenvalue weighted by molar-refractivity contribution is 9.10. The fourth-order valence-corrected chi connectivity index (χ4v) is 2.00. The van der Waals surface area contributed by atoms with E-state index in [9.17, 15) is 13.2 Å². The molecule has 1 rings (SSSR count). The van der Waals surface area contributed by atoms with Crippen LogP contribution in [0.1, 0.15) is 30.0 Å². The summed E-state index contributed by atoms with van der Waals surface area (Å²) in [7, 11) is 0. The molecular weight excluding hydrogens is 297 g/mol. The minimum Gasteiger partial charge on any atom is -0.271 e. The number of nitrogens with one attached hydrogen (secondary N) is 1. The molecule has 1 aromatic carbocycles. The van der Waals surface area contributed by atoms with Crippen LogP contribution in [0.4, 0.5) is 13.2 Å². The summed E-state index contributed by atoms with van der Waals surface area (Å²) in [6.07, 6.45) is -5.08. The van der Waals surface area contributed by atoms with Gasteiger partial charge in [-0.25, -0.2) is 0 Å². The Morgan fingerprint density at radius 2 is 2.06 bits per heavy atom. The Labute approximate surface area is 106 Å². The zero-order valence-electron chi connectivity index (χ0n) is 9.31. The molecule has 3 N–H and O–H groups in total. The van der Waals surface area contributed by atoms with E-state index < -0.39 is 18.6 Å². The van der Waals surface area contributed by atoms with Crippen molar-refractivity contribution >= 4 is 15.9 Å². The van der Waals surface area contributed by atoms with E-state index in [1.165, 1.54) is 0 Å². The van der Waals surface area contributed by atoms with E-state index in [-0.39, 0.29) is 6.42 Å². The van der Waals surface area contributed by atoms with Gasteiger partial charge in [0.25, 0.3) is 0 Å². The van der Waals surface area contributed by atoms with Crippen molar-refractivity contribution in [3.63, 3.8) is 0 Å². The van der Waals surface area contributed by atoms with Crippen LogP contribution in [0.15, 0.2) is 22.7 Å². The maximum absolute atomic E-state index is 12.2. The lowest BCUT2D eigenvalue weighted by Crippen LogP contribution is -2.29. The fraction of sp³-hybridized carbons (Fsp3) is 0.455. The van der Waals surface area contributed by atoms with Gasteiger partial charge >= 0.3 is 6.18 Å². The third-order valence-corrected chi connectivity index (χ3v) is 3.03. The van der Waals surface area contributed by atoms with Crippen LogP contribution in [0.25, 0.3) is 0 Å². The second-order valence-corrected chi connectivity index (χ2v) is 4.79. The van der Waals surface area contributed by atoms with Crippen molar-refractivity contribution in [3.05, 3.63) is 33.8 Å². The number of alkyl halides is 3. The Balaban J connectivity index is 2.82. The second-order valence-electron chi connectivity index (χ2n) is 3.87. The molecule has 0 aliphatic rings. The van der Waals surface area contributed by atoms with Crippen molar-refractivity contribution in [1.82, 2.24) is 5.43 Å². The van der Waals surface area contributed by atoms with Crippen LogP contribution in [0, 0.1) is 6.92 Å². The first kappa shape index (κ1) is 14.5. The molecule has 1 atom stereocenters. The normalized spacial score (nSPS) is 13.8. The Bertz CT molecular complexity index is 379. The summed E-state index contributed by atoms with van der Waals surface area (Å²) < 4.78 is 37.3. The first-order valence-corrected chi connectivity index (χ1v) is 5.91. The highest BCUT2D eigenvalue weighted by Crippen LogP contribution is 2.29. The third kappa shape index (κ3) is 4.65. The number of hydrogen-bond donors (Lipinski definition) is 2. The maximum atomic E-state index is 12.2. The lowest BCUT2D eigenvalue weighted by Gasteiger charge is -2.19. The fourth-order valence-electron chi connectivity index (χ4n) is 1.62. The molecule has 0 fully saturated rings. The predicted octanol–water partition coefficient (Wildman–Crippen LogP) is 3.60. The zero-order chi connectivity index (χ0) is 13.1. The zero-order valence-corrected chi connectivity index (χ0v) is 10.9. The molecule has 0 heterocycles. The van der Waals surface area contributed by atoms with Gasteiger partial charge in [0.05, 0.1) is 0 Å². The average Bonchev–Trinajstić information content (AvgIpc) is 2.22. The lowest BCUT2D eigenvalue weighted by molar-refractivity contribution is -0.136. The second kappa shape index (κ2) is 5.84. The van der Waals surface area contributed by atoms with Crippen molar-refractivity contribution in [3.8, 4) is 0 Å². The molecule has 96 valence electrons. The van der Waals surface area contributed by atoms with E-state index in [0.29, 0.717) is 0 Å². The molecule has 17 heavy (non-hydrogen) atoms. The summed E-state index contributed by atoms with van der Waals surface area (Å²) in [5.41, 5.74) is 4.14. The SMILES string of the molecule is Cc1ccc(Br)cc1C(CCC(F)(F)F)NN. The van der Waals surface area contributed by atoms with Gasteiger partial charge in [0.15, 0.2) is 0 Å². The van der Waals surface area contributed by atoms with Crippen LogP contribution in [-0.2, 0) is 0 Å². The highest BCUT2D eigenvalue weighted by atomic mass is 79.9. The summed E-state index contributed by atoms with van der Waals surface area (Å²) in [6, 6.07) is 4.98. The average molecular weight is 311 g/mol. The van der Waals surface area contributed by atoms with Gasteiger partial charge < -0.3 is 0 Å². The third-order valence-electron chi connectivity index (χ3n) is 2.53. The molecule has 1 unspecified atom stereocenters. The minimum atomic E-state index is -4.16. The number of aryl methyl sites for hydroxylation is 1. The van der Waals surface area contributed by atoms with Gasteiger partial charge in [-0.1, -0.05) is 22.0 Å². The topological polar surface area (TPSA) is 38.0 Å². The number of halogens is 4. The van der Waals surface area contributed by atoms with Gasteiger partial charge in [-0.05, 0) is 36.6 Å². The molecule has 0 aliphatic heterocycles. The molecule has 0 aliphatic carbocycles. The van der Waals surface area contributed by atoms with Crippen LogP contribution < -0.4 is 11.3 Å². The van der Waals surface area contributed by atoms with E-state index in [0.717, 1.165) is 15.6 Å². The lowest BCUT2D eigenvalue weighted by atomic mass is 9.98. The number of benzene rings is 1. The summed E-state index contributed by atoms with van der Waals surface area (Å²) in [5, 5.41) is 0. The van der Waals surface area contributed by atoms with Gasteiger partial charge in [0, 0.05) is 16.9 Å². The van der Waals surface area contributed by atoms with Crippen molar-refractivity contribution in [2.75, 3.05) is 0 Å². The molecule has 0 saturated heterocycles. The van der Waals surface area contributed by atoms with E-state index in [1.807, 2.05) is 19.1 Å². The standard InChI is InChI=1S/C11H14BrF3N2/c1-7-2-3-8(12)6-9(7)10(17-16)4-5-11(13,14)15/h2-3,6,10,17H,4-5,16H2,1H3. The van der Waals surface area contributed by atoms with Crippen LogP contribution in [-0.4, -0.2) is 6.18 Å². The largest absolute Gasteiger partial charge is 0.389 e. The van der Waals surface area contributed by atoms with E-state index in [4.69, 9.17) is 5.84 Å². The summed E-state index contributed by atoms with van der Waals surface area (Å²) in [4.78, 5) is 0. The Hall–Kier alpha value is -0.590. The molecule has 1 aromatic rings. The molecule has 2 nitrogen and oxygen atoms in total. The minimum absolute atomic E-state index is 0.0721. The monoisotopic (exact) mass is 310 g/mol. The molecule has 0 radical (unpaired) electrons. The van der Waals surface area contributed by atoms with Crippen LogP contribution >= 0.6 is 15.9 Å². The predicted molar refractivity (Wildman–Crippen MR) is 64.2 cm³/mol. The Morgan fingerprint density at radius 3 is 2.59 bits per heavy atom.